The number of nitrogens with one attached hydrogen (secondary N) is 2. The number of benzene rings is 2. The van der Waals surface area contributed by atoms with Gasteiger partial charge in [0.05, 0.1) is 5.69 Å². The van der Waals surface area contributed by atoms with Crippen molar-refractivity contribution in [3.05, 3.63) is 59.2 Å². The van der Waals surface area contributed by atoms with Gasteiger partial charge in [0.2, 0.25) is 0 Å². The van der Waals surface area contributed by atoms with Crippen LogP contribution < -0.4 is 15.4 Å². The number of aryl methyl sites for hydroxylation is 1. The van der Waals surface area contributed by atoms with Crippen LogP contribution in [0.1, 0.15) is 16.7 Å². The first-order valence-electron chi connectivity index (χ1n) is 9.93. The van der Waals surface area contributed by atoms with E-state index in [1.807, 2.05) is 0 Å². The Morgan fingerprint density at radius 1 is 1.03 bits per heavy atom. The molecule has 30 heavy (non-hydrogen) atoms. The highest BCUT2D eigenvalue weighted by Crippen LogP contribution is 2.43. The molecule has 2 aromatic rings. The van der Waals surface area contributed by atoms with E-state index < -0.39 is 11.9 Å². The van der Waals surface area contributed by atoms with E-state index in [0.29, 0.717) is 12.2 Å². The maximum absolute atomic E-state index is 9.55. The van der Waals surface area contributed by atoms with Gasteiger partial charge in [0, 0.05) is 24.3 Å². The summed E-state index contributed by atoms with van der Waals surface area (Å²) in [7, 11) is 0. The average molecular weight is 410 g/mol. The van der Waals surface area contributed by atoms with Crippen LogP contribution in [0.5, 0.6) is 5.75 Å². The Labute approximate surface area is 175 Å². The Morgan fingerprint density at radius 2 is 1.77 bits per heavy atom. The van der Waals surface area contributed by atoms with Crippen LogP contribution in [0.3, 0.4) is 0 Å². The van der Waals surface area contributed by atoms with Crippen molar-refractivity contribution in [2.24, 2.45) is 0 Å². The molecule has 0 radical (unpaired) electrons. The van der Waals surface area contributed by atoms with Crippen molar-refractivity contribution < 1.29 is 24.5 Å². The van der Waals surface area contributed by atoms with Gasteiger partial charge in [-0.1, -0.05) is 29.8 Å². The molecular formula is C23H26N2O5. The molecule has 2 aliphatic heterocycles. The summed E-state index contributed by atoms with van der Waals surface area (Å²) in [4.78, 5) is 19.1. The van der Waals surface area contributed by atoms with Crippen molar-refractivity contribution >= 4 is 17.6 Å². The van der Waals surface area contributed by atoms with Gasteiger partial charge in [-0.25, -0.2) is 9.59 Å². The second-order valence-electron chi connectivity index (χ2n) is 7.17. The van der Waals surface area contributed by atoms with Crippen LogP contribution in [0.15, 0.2) is 42.5 Å². The third kappa shape index (κ3) is 5.39. The number of carboxylic acids is 2. The van der Waals surface area contributed by atoms with Crippen LogP contribution in [-0.4, -0.2) is 48.4 Å². The molecule has 158 valence electrons. The lowest BCUT2D eigenvalue weighted by Crippen LogP contribution is -2.20. The number of carbonyl (C=O) groups is 2. The lowest BCUT2D eigenvalue weighted by atomic mass is 9.89. The molecule has 0 fully saturated rings. The molecule has 4 rings (SSSR count). The number of anilines is 1. The first-order valence-corrected chi connectivity index (χ1v) is 9.93. The van der Waals surface area contributed by atoms with Gasteiger partial charge in [0.1, 0.15) is 12.4 Å². The lowest BCUT2D eigenvalue weighted by Gasteiger charge is -2.26. The van der Waals surface area contributed by atoms with Crippen molar-refractivity contribution in [1.82, 2.24) is 5.32 Å². The molecule has 2 aromatic carbocycles. The fraction of sp³-hybridized carbons (Fsp3) is 0.304. The number of ether oxygens (including phenoxy) is 1. The van der Waals surface area contributed by atoms with Gasteiger partial charge in [0.25, 0.3) is 0 Å². The molecule has 2 aliphatic rings. The zero-order chi connectivity index (χ0) is 21.5. The minimum absolute atomic E-state index is 0.558. The van der Waals surface area contributed by atoms with E-state index in [2.05, 4.69) is 47.9 Å². The molecule has 0 spiro atoms. The van der Waals surface area contributed by atoms with E-state index in [4.69, 9.17) is 14.9 Å². The first-order chi connectivity index (χ1) is 14.5. The van der Waals surface area contributed by atoms with E-state index >= 15 is 0 Å². The quantitative estimate of drug-likeness (QED) is 0.576. The summed E-state index contributed by atoms with van der Waals surface area (Å²) in [6, 6.07) is 11.1. The summed E-state index contributed by atoms with van der Waals surface area (Å²) in [6.07, 6.45) is 3.27. The minimum atomic E-state index is -1.26. The molecule has 0 atom stereocenters. The molecule has 0 saturated heterocycles. The normalized spacial score (nSPS) is 14.8. The first kappa shape index (κ1) is 21.4. The fourth-order valence-electron chi connectivity index (χ4n) is 3.71. The molecule has 0 saturated carbocycles. The summed E-state index contributed by atoms with van der Waals surface area (Å²) in [5, 5.41) is 22.7. The third-order valence-electron chi connectivity index (χ3n) is 4.95. The molecule has 0 aliphatic carbocycles. The van der Waals surface area contributed by atoms with Gasteiger partial charge in [-0.15, -0.1) is 0 Å². The summed E-state index contributed by atoms with van der Waals surface area (Å²) >= 11 is 0. The predicted molar refractivity (Wildman–Crippen MR) is 115 cm³/mol. The average Bonchev–Trinajstić information content (AvgIpc) is 2.96. The molecule has 0 bridgehead atoms. The number of aliphatic carboxylic acids is 2. The molecule has 7 nitrogen and oxygen atoms in total. The van der Waals surface area contributed by atoms with Crippen molar-refractivity contribution in [3.8, 4) is 16.9 Å². The molecule has 7 heteroatoms. The highest BCUT2D eigenvalue weighted by Gasteiger charge is 2.23. The van der Waals surface area contributed by atoms with Crippen LogP contribution in [0.2, 0.25) is 0 Å². The summed E-state index contributed by atoms with van der Waals surface area (Å²) in [6.45, 7) is 5.88. The summed E-state index contributed by atoms with van der Waals surface area (Å²) in [5.74, 6) is -1.50. The van der Waals surface area contributed by atoms with E-state index in [1.54, 1.807) is 0 Å². The number of hydrogen-bond acceptors (Lipinski definition) is 5. The SMILES string of the molecule is Cc1cccc(-c2c3c(cc4c2NCCO4)CCNCC3)c1.O=C(O)/C=C/C(=O)O. The molecule has 2 heterocycles. The highest BCUT2D eigenvalue weighted by atomic mass is 16.5. The van der Waals surface area contributed by atoms with Crippen molar-refractivity contribution in [2.45, 2.75) is 19.8 Å². The summed E-state index contributed by atoms with van der Waals surface area (Å²) in [5.41, 5.74) is 8.04. The second-order valence-corrected chi connectivity index (χ2v) is 7.17. The van der Waals surface area contributed by atoms with Crippen molar-refractivity contribution in [1.29, 1.82) is 0 Å². The Hall–Kier alpha value is -3.32. The Balaban J connectivity index is 0.000000275. The molecule has 0 amide bonds. The van der Waals surface area contributed by atoms with Crippen LogP contribution >= 0.6 is 0 Å². The number of fused-ring (bicyclic) bond motifs is 2. The predicted octanol–water partition coefficient (Wildman–Crippen LogP) is 2.87. The van der Waals surface area contributed by atoms with Crippen LogP contribution in [0.4, 0.5) is 5.69 Å². The monoisotopic (exact) mass is 410 g/mol. The van der Waals surface area contributed by atoms with Gasteiger partial charge in [-0.3, -0.25) is 0 Å². The fourth-order valence-corrected chi connectivity index (χ4v) is 3.71. The number of rotatable bonds is 3. The lowest BCUT2D eigenvalue weighted by molar-refractivity contribution is -0.134. The third-order valence-corrected chi connectivity index (χ3v) is 4.95. The number of carboxylic acid groups (broad SMARTS) is 2. The van der Waals surface area contributed by atoms with Gasteiger partial charge in [-0.05, 0) is 55.6 Å². The zero-order valence-electron chi connectivity index (χ0n) is 16.9. The van der Waals surface area contributed by atoms with Gasteiger partial charge < -0.3 is 25.6 Å². The molecular weight excluding hydrogens is 384 g/mol. The highest BCUT2D eigenvalue weighted by molar-refractivity contribution is 5.89. The number of hydrogen-bond donors (Lipinski definition) is 4. The Kier molecular flexibility index (Phi) is 7.08. The molecule has 4 N–H and O–H groups in total. The topological polar surface area (TPSA) is 108 Å². The maximum atomic E-state index is 9.55. The molecule has 0 unspecified atom stereocenters. The summed E-state index contributed by atoms with van der Waals surface area (Å²) < 4.78 is 5.94. The Morgan fingerprint density at radius 3 is 2.47 bits per heavy atom. The Bertz CT molecular complexity index is 952. The maximum Gasteiger partial charge on any atom is 0.328 e. The van der Waals surface area contributed by atoms with Crippen LogP contribution in [0.25, 0.3) is 11.1 Å². The van der Waals surface area contributed by atoms with Gasteiger partial charge in [0.15, 0.2) is 0 Å². The van der Waals surface area contributed by atoms with Gasteiger partial charge in [-0.2, -0.15) is 0 Å². The standard InChI is InChI=1S/C19H22N2O.C4H4O4/c1-13-3-2-4-15(11-13)18-16-6-8-20-7-5-14(16)12-17-19(18)21-9-10-22-17;5-3(6)1-2-4(7)8/h2-4,11-12,20-21H,5-10H2,1H3;1-2H,(H,5,6)(H,7,8)/b;2-1+. The minimum Gasteiger partial charge on any atom is -0.490 e. The van der Waals surface area contributed by atoms with E-state index in [-0.39, 0.29) is 0 Å². The van der Waals surface area contributed by atoms with E-state index in [9.17, 15) is 9.59 Å². The van der Waals surface area contributed by atoms with Crippen molar-refractivity contribution in [3.63, 3.8) is 0 Å². The largest absolute Gasteiger partial charge is 0.490 e. The van der Waals surface area contributed by atoms with Crippen LogP contribution in [-0.2, 0) is 22.4 Å². The van der Waals surface area contributed by atoms with Crippen molar-refractivity contribution in [2.75, 3.05) is 31.6 Å². The van der Waals surface area contributed by atoms with E-state index in [1.165, 1.54) is 33.5 Å². The van der Waals surface area contributed by atoms with Crippen LogP contribution in [0, 0.1) is 6.92 Å². The smallest absolute Gasteiger partial charge is 0.328 e. The van der Waals surface area contributed by atoms with E-state index in [0.717, 1.165) is 44.8 Å². The van der Waals surface area contributed by atoms with Gasteiger partial charge >= 0.3 is 11.9 Å². The zero-order valence-corrected chi connectivity index (χ0v) is 16.9. The molecule has 0 aromatic heterocycles. The second kappa shape index (κ2) is 9.93.